The number of nitrogens with one attached hydrogen (secondary N) is 1. The van der Waals surface area contributed by atoms with Gasteiger partial charge in [-0.05, 0) is 53.1 Å². The van der Waals surface area contributed by atoms with Crippen LogP contribution < -0.4 is 10.1 Å². The monoisotopic (exact) mass is 411 g/mol. The highest BCUT2D eigenvalue weighted by Crippen LogP contribution is 2.32. The summed E-state index contributed by atoms with van der Waals surface area (Å²) in [5.74, 6) is 0.808. The molecule has 0 aliphatic carbocycles. The Kier molecular flexibility index (Phi) is 8.46. The van der Waals surface area contributed by atoms with Gasteiger partial charge in [0.2, 0.25) is 0 Å². The van der Waals surface area contributed by atoms with Crippen molar-refractivity contribution in [2.75, 3.05) is 18.5 Å². The Morgan fingerprint density at radius 3 is 1.93 bits per heavy atom. The molecule has 0 atom stereocenters. The zero-order chi connectivity index (χ0) is 22.3. The Balaban J connectivity index is 2.06. The van der Waals surface area contributed by atoms with Crippen LogP contribution in [0.15, 0.2) is 42.5 Å². The second kappa shape index (κ2) is 10.8. The Morgan fingerprint density at radius 1 is 0.867 bits per heavy atom. The van der Waals surface area contributed by atoms with E-state index in [2.05, 4.69) is 45.1 Å². The smallest absolute Gasteiger partial charge is 0.344 e. The topological polar surface area (TPSA) is 64.6 Å². The molecule has 0 heterocycles. The highest BCUT2D eigenvalue weighted by Gasteiger charge is 2.17. The molecule has 0 radical (unpaired) electrons. The Bertz CT molecular complexity index is 828. The summed E-state index contributed by atoms with van der Waals surface area (Å²) in [6.45, 7) is 12.6. The average molecular weight is 412 g/mol. The fourth-order valence-corrected chi connectivity index (χ4v) is 3.03. The highest BCUT2D eigenvalue weighted by molar-refractivity contribution is 6.05. The molecule has 2 aromatic rings. The van der Waals surface area contributed by atoms with E-state index >= 15 is 0 Å². The van der Waals surface area contributed by atoms with Crippen LogP contribution in [0.25, 0.3) is 0 Å². The Hall–Kier alpha value is -2.82. The lowest BCUT2D eigenvalue weighted by molar-refractivity contribution is -0.147. The van der Waals surface area contributed by atoms with Gasteiger partial charge in [0, 0.05) is 11.3 Å². The molecular formula is C25H33NO4. The van der Waals surface area contributed by atoms with Crippen LogP contribution in [-0.2, 0) is 9.53 Å². The molecule has 0 aliphatic rings. The maximum Gasteiger partial charge on any atom is 0.344 e. The maximum atomic E-state index is 12.9. The van der Waals surface area contributed by atoms with Gasteiger partial charge in [-0.15, -0.1) is 0 Å². The fourth-order valence-electron chi connectivity index (χ4n) is 3.03. The van der Waals surface area contributed by atoms with E-state index in [1.54, 1.807) is 24.3 Å². The van der Waals surface area contributed by atoms with Crippen LogP contribution in [0.5, 0.6) is 5.75 Å². The molecule has 0 aromatic heterocycles. The molecule has 0 aliphatic heterocycles. The molecule has 0 fully saturated rings. The third kappa shape index (κ3) is 6.61. The van der Waals surface area contributed by atoms with Crippen molar-refractivity contribution in [1.29, 1.82) is 0 Å². The standard InChI is InChI=1S/C25H33NO4/c1-16(2)14-30-23(27)15-29-20-12-10-19(11-13-20)25(28)26-24-21(17(3)4)8-7-9-22(24)18(5)6/h7-13,16-18H,14-15H2,1-6H3,(H,26,28). The van der Waals surface area contributed by atoms with Crippen LogP contribution in [0.1, 0.15) is 74.9 Å². The van der Waals surface area contributed by atoms with Crippen molar-refractivity contribution in [2.45, 2.75) is 53.4 Å². The van der Waals surface area contributed by atoms with E-state index in [-0.39, 0.29) is 18.4 Å². The average Bonchev–Trinajstić information content (AvgIpc) is 2.70. The van der Waals surface area contributed by atoms with E-state index in [0.717, 1.165) is 16.8 Å². The predicted molar refractivity (Wildman–Crippen MR) is 120 cm³/mol. The van der Waals surface area contributed by atoms with Crippen LogP contribution in [0.2, 0.25) is 0 Å². The molecule has 30 heavy (non-hydrogen) atoms. The van der Waals surface area contributed by atoms with E-state index in [4.69, 9.17) is 9.47 Å². The van der Waals surface area contributed by atoms with Gasteiger partial charge in [0.1, 0.15) is 5.75 Å². The summed E-state index contributed by atoms with van der Waals surface area (Å²) >= 11 is 0. The number of carbonyl (C=O) groups is 2. The van der Waals surface area contributed by atoms with Crippen molar-refractivity contribution >= 4 is 17.6 Å². The van der Waals surface area contributed by atoms with Crippen molar-refractivity contribution in [3.05, 3.63) is 59.2 Å². The molecule has 1 N–H and O–H groups in total. The number of anilines is 1. The van der Waals surface area contributed by atoms with Crippen molar-refractivity contribution in [1.82, 2.24) is 0 Å². The summed E-state index contributed by atoms with van der Waals surface area (Å²) in [7, 11) is 0. The summed E-state index contributed by atoms with van der Waals surface area (Å²) in [6, 6.07) is 12.9. The minimum Gasteiger partial charge on any atom is -0.482 e. The molecule has 2 aromatic carbocycles. The third-order valence-electron chi connectivity index (χ3n) is 4.66. The Labute approximate surface area is 179 Å². The van der Waals surface area contributed by atoms with E-state index in [1.807, 2.05) is 19.9 Å². The minimum absolute atomic E-state index is 0.155. The number of para-hydroxylation sites is 1. The van der Waals surface area contributed by atoms with Gasteiger partial charge in [-0.25, -0.2) is 4.79 Å². The van der Waals surface area contributed by atoms with E-state index in [1.165, 1.54) is 0 Å². The van der Waals surface area contributed by atoms with E-state index in [0.29, 0.717) is 29.8 Å². The van der Waals surface area contributed by atoms with Crippen LogP contribution >= 0.6 is 0 Å². The highest BCUT2D eigenvalue weighted by atomic mass is 16.6. The largest absolute Gasteiger partial charge is 0.482 e. The van der Waals surface area contributed by atoms with E-state index in [9.17, 15) is 9.59 Å². The molecule has 0 saturated heterocycles. The molecule has 0 bridgehead atoms. The number of benzene rings is 2. The van der Waals surface area contributed by atoms with Crippen LogP contribution in [-0.4, -0.2) is 25.1 Å². The fraction of sp³-hybridized carbons (Fsp3) is 0.440. The van der Waals surface area contributed by atoms with E-state index < -0.39 is 5.97 Å². The second-order valence-electron chi connectivity index (χ2n) is 8.46. The van der Waals surface area contributed by atoms with Crippen molar-refractivity contribution in [3.8, 4) is 5.75 Å². The molecule has 0 saturated carbocycles. The Morgan fingerprint density at radius 2 is 1.43 bits per heavy atom. The van der Waals surface area contributed by atoms with Crippen molar-refractivity contribution in [3.63, 3.8) is 0 Å². The lowest BCUT2D eigenvalue weighted by atomic mass is 9.92. The van der Waals surface area contributed by atoms with Gasteiger partial charge in [0.25, 0.3) is 5.91 Å². The lowest BCUT2D eigenvalue weighted by Crippen LogP contribution is -2.18. The molecular weight excluding hydrogens is 378 g/mol. The van der Waals surface area contributed by atoms with Crippen LogP contribution in [0.4, 0.5) is 5.69 Å². The van der Waals surface area contributed by atoms with Gasteiger partial charge in [0.15, 0.2) is 6.61 Å². The normalized spacial score (nSPS) is 11.1. The minimum atomic E-state index is -0.406. The quantitative estimate of drug-likeness (QED) is 0.533. The summed E-state index contributed by atoms with van der Waals surface area (Å²) in [5, 5.41) is 3.10. The second-order valence-corrected chi connectivity index (χ2v) is 8.46. The molecule has 2 rings (SSSR count). The first-order chi connectivity index (χ1) is 14.2. The molecule has 5 nitrogen and oxygen atoms in total. The molecule has 162 valence electrons. The predicted octanol–water partition coefficient (Wildman–Crippen LogP) is 5.76. The first kappa shape index (κ1) is 23.5. The number of esters is 1. The first-order valence-electron chi connectivity index (χ1n) is 10.5. The third-order valence-corrected chi connectivity index (χ3v) is 4.66. The van der Waals surface area contributed by atoms with Gasteiger partial charge in [-0.2, -0.15) is 0 Å². The molecule has 1 amide bonds. The number of carbonyl (C=O) groups excluding carboxylic acids is 2. The van der Waals surface area contributed by atoms with Crippen molar-refractivity contribution < 1.29 is 19.1 Å². The first-order valence-corrected chi connectivity index (χ1v) is 10.5. The van der Waals surface area contributed by atoms with Gasteiger partial charge < -0.3 is 14.8 Å². The molecule has 0 unspecified atom stereocenters. The summed E-state index contributed by atoms with van der Waals surface area (Å²) in [5.41, 5.74) is 3.66. The van der Waals surface area contributed by atoms with Gasteiger partial charge >= 0.3 is 5.97 Å². The molecule has 0 spiro atoms. The molecule has 5 heteroatoms. The number of amides is 1. The number of hydrogen-bond acceptors (Lipinski definition) is 4. The van der Waals surface area contributed by atoms with Crippen LogP contribution in [0.3, 0.4) is 0 Å². The van der Waals surface area contributed by atoms with Crippen LogP contribution in [0, 0.1) is 5.92 Å². The van der Waals surface area contributed by atoms with Gasteiger partial charge in [-0.3, -0.25) is 4.79 Å². The summed E-state index contributed by atoms with van der Waals surface area (Å²) in [4.78, 5) is 24.5. The maximum absolute atomic E-state index is 12.9. The number of rotatable bonds is 9. The SMILES string of the molecule is CC(C)COC(=O)COc1ccc(C(=O)Nc2c(C(C)C)cccc2C(C)C)cc1. The zero-order valence-corrected chi connectivity index (χ0v) is 18.8. The van der Waals surface area contributed by atoms with Gasteiger partial charge in [0.05, 0.1) is 6.61 Å². The van der Waals surface area contributed by atoms with Gasteiger partial charge in [-0.1, -0.05) is 59.7 Å². The number of ether oxygens (including phenoxy) is 2. The van der Waals surface area contributed by atoms with Crippen molar-refractivity contribution in [2.24, 2.45) is 5.92 Å². The summed E-state index contributed by atoms with van der Waals surface area (Å²) < 4.78 is 10.5. The zero-order valence-electron chi connectivity index (χ0n) is 18.8. The lowest BCUT2D eigenvalue weighted by Gasteiger charge is -2.20. The summed E-state index contributed by atoms with van der Waals surface area (Å²) in [6.07, 6.45) is 0. The number of hydrogen-bond donors (Lipinski definition) is 1.